The number of aryl methyl sites for hydroxylation is 1. The first-order valence-electron chi connectivity index (χ1n) is 6.82. The van der Waals surface area contributed by atoms with Crippen LogP contribution in [0.4, 0.5) is 0 Å². The van der Waals surface area contributed by atoms with Crippen molar-refractivity contribution in [3.8, 4) is 0 Å². The number of carbonyl (C=O) groups is 2. The molecule has 1 aromatic heterocycles. The number of rotatable bonds is 4. The lowest BCUT2D eigenvalue weighted by Crippen LogP contribution is -2.53. The molecule has 1 aromatic rings. The maximum Gasteiger partial charge on any atom is 0.248 e. The number of nitrogens with zero attached hydrogens (tertiary/aromatic N) is 4. The van der Waals surface area contributed by atoms with E-state index >= 15 is 0 Å². The van der Waals surface area contributed by atoms with Gasteiger partial charge in [-0.2, -0.15) is 5.10 Å². The second-order valence-electron chi connectivity index (χ2n) is 5.06. The molecule has 0 spiro atoms. The molecule has 21 heavy (non-hydrogen) atoms. The van der Waals surface area contributed by atoms with Crippen molar-refractivity contribution >= 4 is 11.8 Å². The van der Waals surface area contributed by atoms with Crippen LogP contribution in [-0.2, 0) is 21.4 Å². The van der Waals surface area contributed by atoms with Crippen molar-refractivity contribution in [2.75, 3.05) is 39.9 Å². The summed E-state index contributed by atoms with van der Waals surface area (Å²) in [5.74, 6) is -0.192. The highest BCUT2D eigenvalue weighted by molar-refractivity contribution is 5.83. The van der Waals surface area contributed by atoms with Gasteiger partial charge in [-0.05, 0) is 0 Å². The van der Waals surface area contributed by atoms with E-state index in [0.717, 1.165) is 0 Å². The SMILES string of the molecule is COCC(=O)N1CCN(C(=O)C(N)c2cnn(C)c2)CC1. The average Bonchev–Trinajstić information content (AvgIpc) is 2.92. The van der Waals surface area contributed by atoms with Gasteiger partial charge in [0.2, 0.25) is 11.8 Å². The van der Waals surface area contributed by atoms with Crippen LogP contribution >= 0.6 is 0 Å². The van der Waals surface area contributed by atoms with Gasteiger partial charge in [0.25, 0.3) is 0 Å². The quantitative estimate of drug-likeness (QED) is 0.748. The van der Waals surface area contributed by atoms with Gasteiger partial charge in [0.1, 0.15) is 12.6 Å². The lowest BCUT2D eigenvalue weighted by atomic mass is 10.1. The Morgan fingerprint density at radius 3 is 2.48 bits per heavy atom. The molecule has 116 valence electrons. The standard InChI is InChI=1S/C13H21N5O3/c1-16-8-10(7-15-16)12(14)13(20)18-5-3-17(4-6-18)11(19)9-21-2/h7-8,12H,3-6,9,14H2,1-2H3. The summed E-state index contributed by atoms with van der Waals surface area (Å²) in [6.07, 6.45) is 3.34. The van der Waals surface area contributed by atoms with Gasteiger partial charge in [0.15, 0.2) is 0 Å². The summed E-state index contributed by atoms with van der Waals surface area (Å²) in [6.45, 7) is 2.06. The Labute approximate surface area is 123 Å². The van der Waals surface area contributed by atoms with E-state index in [-0.39, 0.29) is 18.4 Å². The van der Waals surface area contributed by atoms with Gasteiger partial charge in [0, 0.05) is 52.1 Å². The number of hydrogen-bond donors (Lipinski definition) is 1. The molecule has 2 rings (SSSR count). The fourth-order valence-corrected chi connectivity index (χ4v) is 2.33. The molecule has 8 heteroatoms. The van der Waals surface area contributed by atoms with Crippen LogP contribution in [0.25, 0.3) is 0 Å². The summed E-state index contributed by atoms with van der Waals surface area (Å²) in [4.78, 5) is 27.4. The minimum absolute atomic E-state index is 0.0545. The van der Waals surface area contributed by atoms with Crippen molar-refractivity contribution < 1.29 is 14.3 Å². The number of methoxy groups -OCH3 is 1. The van der Waals surface area contributed by atoms with E-state index in [1.54, 1.807) is 33.9 Å². The van der Waals surface area contributed by atoms with E-state index in [2.05, 4.69) is 5.10 Å². The second-order valence-corrected chi connectivity index (χ2v) is 5.06. The van der Waals surface area contributed by atoms with Gasteiger partial charge >= 0.3 is 0 Å². The van der Waals surface area contributed by atoms with Crippen molar-refractivity contribution in [1.82, 2.24) is 19.6 Å². The number of amides is 2. The predicted octanol–water partition coefficient (Wildman–Crippen LogP) is -1.26. The van der Waals surface area contributed by atoms with E-state index in [1.807, 2.05) is 0 Å². The van der Waals surface area contributed by atoms with E-state index in [4.69, 9.17) is 10.5 Å². The summed E-state index contributed by atoms with van der Waals surface area (Å²) >= 11 is 0. The van der Waals surface area contributed by atoms with Crippen LogP contribution in [0.1, 0.15) is 11.6 Å². The number of hydrogen-bond acceptors (Lipinski definition) is 5. The zero-order chi connectivity index (χ0) is 15.4. The molecule has 1 aliphatic rings. The third kappa shape index (κ3) is 3.59. The fraction of sp³-hybridized carbons (Fsp3) is 0.615. The topological polar surface area (TPSA) is 93.7 Å². The molecule has 0 aliphatic carbocycles. The summed E-state index contributed by atoms with van der Waals surface area (Å²) in [5, 5.41) is 4.02. The van der Waals surface area contributed by atoms with Gasteiger partial charge in [-0.15, -0.1) is 0 Å². The highest BCUT2D eigenvalue weighted by Gasteiger charge is 2.28. The van der Waals surface area contributed by atoms with Crippen LogP contribution in [-0.4, -0.2) is 71.3 Å². The molecule has 2 N–H and O–H groups in total. The number of carbonyl (C=O) groups excluding carboxylic acids is 2. The highest BCUT2D eigenvalue weighted by Crippen LogP contribution is 2.14. The van der Waals surface area contributed by atoms with E-state index in [0.29, 0.717) is 31.7 Å². The monoisotopic (exact) mass is 295 g/mol. The molecule has 0 aromatic carbocycles. The van der Waals surface area contributed by atoms with Crippen LogP contribution in [0.3, 0.4) is 0 Å². The third-order valence-corrected chi connectivity index (χ3v) is 3.56. The Balaban J connectivity index is 1.89. The Morgan fingerprint density at radius 2 is 1.95 bits per heavy atom. The molecule has 0 radical (unpaired) electrons. The first-order chi connectivity index (χ1) is 10.0. The number of nitrogens with two attached hydrogens (primary N) is 1. The van der Waals surface area contributed by atoms with Gasteiger partial charge in [-0.1, -0.05) is 0 Å². The van der Waals surface area contributed by atoms with E-state index in [9.17, 15) is 9.59 Å². The molecular formula is C13H21N5O3. The first kappa shape index (κ1) is 15.5. The zero-order valence-corrected chi connectivity index (χ0v) is 12.4. The molecule has 1 fully saturated rings. The second kappa shape index (κ2) is 6.68. The highest BCUT2D eigenvalue weighted by atomic mass is 16.5. The van der Waals surface area contributed by atoms with Crippen LogP contribution in [0.15, 0.2) is 12.4 Å². The zero-order valence-electron chi connectivity index (χ0n) is 12.4. The van der Waals surface area contributed by atoms with E-state index < -0.39 is 6.04 Å². The smallest absolute Gasteiger partial charge is 0.248 e. The summed E-state index contributed by atoms with van der Waals surface area (Å²) in [7, 11) is 3.27. The number of ether oxygens (including phenoxy) is 1. The number of piperazine rings is 1. The normalized spacial score (nSPS) is 16.9. The van der Waals surface area contributed by atoms with Crippen LogP contribution in [0.5, 0.6) is 0 Å². The minimum Gasteiger partial charge on any atom is -0.375 e. The molecule has 8 nitrogen and oxygen atoms in total. The largest absolute Gasteiger partial charge is 0.375 e. The Morgan fingerprint density at radius 1 is 1.33 bits per heavy atom. The molecule has 1 aliphatic heterocycles. The molecule has 1 saturated heterocycles. The van der Waals surface area contributed by atoms with Crippen molar-refractivity contribution in [2.24, 2.45) is 12.8 Å². The van der Waals surface area contributed by atoms with Gasteiger partial charge < -0.3 is 20.3 Å². The molecule has 2 heterocycles. The first-order valence-corrected chi connectivity index (χ1v) is 6.82. The molecule has 0 saturated carbocycles. The van der Waals surface area contributed by atoms with Crippen molar-refractivity contribution in [1.29, 1.82) is 0 Å². The molecule has 1 unspecified atom stereocenters. The Hall–Kier alpha value is -1.93. The lowest BCUT2D eigenvalue weighted by Gasteiger charge is -2.35. The summed E-state index contributed by atoms with van der Waals surface area (Å²) in [6, 6.07) is -0.708. The van der Waals surface area contributed by atoms with Crippen molar-refractivity contribution in [3.05, 3.63) is 18.0 Å². The molecule has 1 atom stereocenters. The fourth-order valence-electron chi connectivity index (χ4n) is 2.33. The van der Waals surface area contributed by atoms with Crippen molar-refractivity contribution in [3.63, 3.8) is 0 Å². The predicted molar refractivity (Wildman–Crippen MR) is 75.2 cm³/mol. The summed E-state index contributed by atoms with van der Waals surface area (Å²) in [5.41, 5.74) is 6.67. The Bertz CT molecular complexity index is 508. The van der Waals surface area contributed by atoms with Gasteiger partial charge in [0.05, 0.1) is 6.20 Å². The third-order valence-electron chi connectivity index (χ3n) is 3.56. The number of aromatic nitrogens is 2. The molecule has 0 bridgehead atoms. The average molecular weight is 295 g/mol. The van der Waals surface area contributed by atoms with Crippen LogP contribution < -0.4 is 5.73 Å². The maximum absolute atomic E-state index is 12.3. The maximum atomic E-state index is 12.3. The van der Waals surface area contributed by atoms with Crippen LogP contribution in [0, 0.1) is 0 Å². The van der Waals surface area contributed by atoms with Crippen molar-refractivity contribution in [2.45, 2.75) is 6.04 Å². The molecular weight excluding hydrogens is 274 g/mol. The van der Waals surface area contributed by atoms with Gasteiger partial charge in [-0.3, -0.25) is 14.3 Å². The lowest BCUT2D eigenvalue weighted by molar-refractivity contribution is -0.142. The minimum atomic E-state index is -0.708. The summed E-state index contributed by atoms with van der Waals surface area (Å²) < 4.78 is 6.44. The Kier molecular flexibility index (Phi) is 4.92. The van der Waals surface area contributed by atoms with Gasteiger partial charge in [-0.25, -0.2) is 0 Å². The van der Waals surface area contributed by atoms with E-state index in [1.165, 1.54) is 7.11 Å². The molecule has 2 amide bonds. The van der Waals surface area contributed by atoms with Crippen LogP contribution in [0.2, 0.25) is 0 Å².